The van der Waals surface area contributed by atoms with Crippen LogP contribution in [0.15, 0.2) is 50.8 Å². The first-order valence-electron chi connectivity index (χ1n) is 11.8. The molecule has 0 spiro atoms. The fourth-order valence-electron chi connectivity index (χ4n) is 4.30. The number of aromatic nitrogens is 5. The minimum absolute atomic E-state index is 0.0105. The second-order valence-electron chi connectivity index (χ2n) is 8.86. The first-order valence-corrected chi connectivity index (χ1v) is 13.4. The first-order chi connectivity index (χ1) is 18.3. The third-order valence-electron chi connectivity index (χ3n) is 6.32. The molecule has 0 bridgehead atoms. The van der Waals surface area contributed by atoms with Crippen LogP contribution >= 0.6 is 0 Å². The lowest BCUT2D eigenvalue weighted by Gasteiger charge is -2.19. The summed E-state index contributed by atoms with van der Waals surface area (Å²) in [6.45, 7) is 1.40. The highest BCUT2D eigenvalue weighted by Gasteiger charge is 2.61. The molecule has 0 aliphatic heterocycles. The molecule has 0 amide bonds. The number of pyridine rings is 1. The van der Waals surface area contributed by atoms with Crippen LogP contribution in [0.2, 0.25) is 0 Å². The molecule has 1 aliphatic carbocycles. The van der Waals surface area contributed by atoms with E-state index in [4.69, 9.17) is 4.42 Å². The van der Waals surface area contributed by atoms with E-state index in [1.807, 2.05) is 0 Å². The lowest BCUT2D eigenvalue weighted by Crippen LogP contribution is -2.41. The Morgan fingerprint density at radius 2 is 1.79 bits per heavy atom. The van der Waals surface area contributed by atoms with Crippen LogP contribution in [-0.4, -0.2) is 50.8 Å². The monoisotopic (exact) mass is 573 g/mol. The van der Waals surface area contributed by atoms with Crippen LogP contribution < -0.4 is 10.4 Å². The van der Waals surface area contributed by atoms with Crippen LogP contribution in [-0.2, 0) is 9.84 Å². The van der Waals surface area contributed by atoms with Gasteiger partial charge in [0.1, 0.15) is 23.3 Å². The topological polar surface area (TPSA) is 122 Å². The van der Waals surface area contributed by atoms with Crippen molar-refractivity contribution in [2.24, 2.45) is 0 Å². The van der Waals surface area contributed by atoms with E-state index < -0.39 is 33.6 Å². The van der Waals surface area contributed by atoms with Gasteiger partial charge in [0.15, 0.2) is 21.2 Å². The van der Waals surface area contributed by atoms with Gasteiger partial charge in [0, 0.05) is 12.1 Å². The molecule has 0 atom stereocenters. The summed E-state index contributed by atoms with van der Waals surface area (Å²) >= 11 is 0. The average molecular weight is 574 g/mol. The molecule has 16 heteroatoms. The molecule has 1 fully saturated rings. The number of halogens is 5. The van der Waals surface area contributed by atoms with Gasteiger partial charge in [-0.05, 0) is 37.1 Å². The third-order valence-corrected chi connectivity index (χ3v) is 8.08. The molecule has 0 unspecified atom stereocenters. The van der Waals surface area contributed by atoms with Gasteiger partial charge in [-0.3, -0.25) is 4.57 Å². The second-order valence-corrected chi connectivity index (χ2v) is 11.1. The number of hydrogen-bond acceptors (Lipinski definition) is 8. The Hall–Kier alpha value is -3.82. The van der Waals surface area contributed by atoms with E-state index in [2.05, 4.69) is 19.8 Å². The Morgan fingerprint density at radius 3 is 2.46 bits per heavy atom. The molecule has 1 saturated carbocycles. The number of fused-ring (bicyclic) bond motifs is 1. The van der Waals surface area contributed by atoms with Crippen molar-refractivity contribution in [3.05, 3.63) is 47.1 Å². The fourth-order valence-corrected chi connectivity index (χ4v) is 5.31. The van der Waals surface area contributed by atoms with E-state index in [0.717, 1.165) is 48.6 Å². The molecule has 39 heavy (non-hydrogen) atoms. The van der Waals surface area contributed by atoms with Crippen molar-refractivity contribution in [1.29, 1.82) is 0 Å². The Morgan fingerprint density at radius 1 is 1.08 bits per heavy atom. The van der Waals surface area contributed by atoms with Gasteiger partial charge in [0.25, 0.3) is 0 Å². The quantitative estimate of drug-likeness (QED) is 0.292. The third kappa shape index (κ3) is 4.88. The molecule has 5 rings (SSSR count). The van der Waals surface area contributed by atoms with Gasteiger partial charge in [-0.2, -0.15) is 31.7 Å². The second kappa shape index (κ2) is 9.43. The molecule has 208 valence electrons. The highest BCUT2D eigenvalue weighted by atomic mass is 32.2. The maximum atomic E-state index is 13.3. The molecule has 10 nitrogen and oxygen atoms in total. The van der Waals surface area contributed by atoms with Gasteiger partial charge >= 0.3 is 18.0 Å². The van der Waals surface area contributed by atoms with E-state index in [9.17, 15) is 35.2 Å². The van der Waals surface area contributed by atoms with Crippen LogP contribution in [0.4, 0.5) is 22.0 Å². The molecule has 1 aromatic carbocycles. The summed E-state index contributed by atoms with van der Waals surface area (Å²) in [7, 11) is -3.90. The average Bonchev–Trinajstić information content (AvgIpc) is 3.62. The summed E-state index contributed by atoms with van der Waals surface area (Å²) in [6, 6.07) is 5.15. The summed E-state index contributed by atoms with van der Waals surface area (Å²) in [5, 5.41) is 4.11. The Labute approximate surface area is 217 Å². The summed E-state index contributed by atoms with van der Waals surface area (Å²) in [4.78, 5) is 21.1. The largest absolute Gasteiger partial charge is 0.499 e. The maximum Gasteiger partial charge on any atom is 0.499 e. The summed E-state index contributed by atoms with van der Waals surface area (Å²) in [5.74, 6) is -1.57. The van der Waals surface area contributed by atoms with Gasteiger partial charge in [-0.25, -0.2) is 23.2 Å². The predicted molar refractivity (Wildman–Crippen MR) is 125 cm³/mol. The molecule has 1 aliphatic rings. The van der Waals surface area contributed by atoms with Crippen molar-refractivity contribution in [2.45, 2.75) is 55.8 Å². The molecule has 4 aromatic rings. The van der Waals surface area contributed by atoms with Crippen molar-refractivity contribution >= 4 is 20.9 Å². The SMILES string of the molecule is CCS(=O)(=O)c1ccc(-n2ncn(C3CCCC3)c2=O)nc1-c1nc2cc(OC(F)(F)C(F)(F)F)ccc2o1. The van der Waals surface area contributed by atoms with E-state index in [1.165, 1.54) is 30.0 Å². The van der Waals surface area contributed by atoms with Crippen molar-refractivity contribution in [3.63, 3.8) is 0 Å². The number of hydrogen-bond donors (Lipinski definition) is 0. The van der Waals surface area contributed by atoms with Crippen LogP contribution in [0.1, 0.15) is 38.6 Å². The number of sulfone groups is 1. The number of rotatable bonds is 7. The minimum Gasteiger partial charge on any atom is -0.435 e. The molecular formula is C23H20F5N5O5S. The van der Waals surface area contributed by atoms with Crippen molar-refractivity contribution < 1.29 is 39.5 Å². The molecule has 0 saturated heterocycles. The summed E-state index contributed by atoms with van der Waals surface area (Å²) in [5.41, 5.74) is -1.04. The standard InChI is InChI=1S/C23H20F5N5O5S/c1-2-39(35,36)17-9-10-18(33-21(34)32(12-29-33)13-5-3-4-6-13)31-19(17)20-30-15-11-14(7-8-16(15)37-20)38-23(27,28)22(24,25)26/h7-13H,2-6H2,1H3. The van der Waals surface area contributed by atoms with E-state index in [0.29, 0.717) is 0 Å². The van der Waals surface area contributed by atoms with Gasteiger partial charge < -0.3 is 9.15 Å². The Bertz CT molecular complexity index is 1700. The highest BCUT2D eigenvalue weighted by Crippen LogP contribution is 2.38. The van der Waals surface area contributed by atoms with Crippen LogP contribution in [0, 0.1) is 0 Å². The number of ether oxygens (including phenoxy) is 1. The maximum absolute atomic E-state index is 13.3. The summed E-state index contributed by atoms with van der Waals surface area (Å²) < 4.78 is 102. The molecular weight excluding hydrogens is 553 g/mol. The zero-order chi connectivity index (χ0) is 28.2. The Kier molecular flexibility index (Phi) is 6.47. The lowest BCUT2D eigenvalue weighted by atomic mass is 10.2. The molecule has 0 N–H and O–H groups in total. The van der Waals surface area contributed by atoms with Crippen LogP contribution in [0.5, 0.6) is 5.75 Å². The normalized spacial score (nSPS) is 15.3. The smallest absolute Gasteiger partial charge is 0.435 e. The van der Waals surface area contributed by atoms with E-state index >= 15 is 0 Å². The van der Waals surface area contributed by atoms with Crippen LogP contribution in [0.3, 0.4) is 0 Å². The molecule has 3 aromatic heterocycles. The molecule has 0 radical (unpaired) electrons. The Balaban J connectivity index is 1.59. The lowest BCUT2D eigenvalue weighted by molar-refractivity contribution is -0.360. The fraction of sp³-hybridized carbons (Fsp3) is 0.391. The van der Waals surface area contributed by atoms with E-state index in [-0.39, 0.29) is 45.2 Å². The highest BCUT2D eigenvalue weighted by molar-refractivity contribution is 7.91. The number of alkyl halides is 5. The number of benzene rings is 1. The first kappa shape index (κ1) is 26.8. The zero-order valence-electron chi connectivity index (χ0n) is 20.2. The van der Waals surface area contributed by atoms with Gasteiger partial charge in [0.05, 0.1) is 10.6 Å². The van der Waals surface area contributed by atoms with E-state index in [1.54, 1.807) is 0 Å². The van der Waals surface area contributed by atoms with Gasteiger partial charge in [-0.15, -0.1) is 0 Å². The minimum atomic E-state index is -5.95. The van der Waals surface area contributed by atoms with Gasteiger partial charge in [0.2, 0.25) is 5.89 Å². The van der Waals surface area contributed by atoms with Crippen LogP contribution in [0.25, 0.3) is 28.5 Å². The molecule has 3 heterocycles. The van der Waals surface area contributed by atoms with Crippen molar-refractivity contribution in [1.82, 2.24) is 24.3 Å². The predicted octanol–water partition coefficient (Wildman–Crippen LogP) is 4.68. The van der Waals surface area contributed by atoms with Crippen molar-refractivity contribution in [2.75, 3.05) is 5.75 Å². The van der Waals surface area contributed by atoms with Crippen molar-refractivity contribution in [3.8, 4) is 23.2 Å². The summed E-state index contributed by atoms with van der Waals surface area (Å²) in [6.07, 6.45) is -6.43. The number of nitrogens with zero attached hydrogens (tertiary/aromatic N) is 5. The van der Waals surface area contributed by atoms with Gasteiger partial charge in [-0.1, -0.05) is 19.8 Å². The zero-order valence-corrected chi connectivity index (χ0v) is 21.0. The number of oxazole rings is 1.